The summed E-state index contributed by atoms with van der Waals surface area (Å²) in [5, 5.41) is 15.6. The highest BCUT2D eigenvalue weighted by molar-refractivity contribution is 6.02. The summed E-state index contributed by atoms with van der Waals surface area (Å²) in [5.74, 6) is 0.450. The average molecular weight is 350 g/mol. The van der Waals surface area contributed by atoms with Crippen LogP contribution in [0.25, 0.3) is 10.8 Å². The standard InChI is InChI=1S/C20H18N2O4/c1-25-18-8-7-13(9-17(18)23)12-21-22-20(24)16-10-14-5-3-4-6-15(14)11-19(16)26-2/h3-12,23H,1-2H3,(H,22,24)/b21-12+. The first-order valence-electron chi connectivity index (χ1n) is 7.89. The van der Waals surface area contributed by atoms with Gasteiger partial charge in [-0.1, -0.05) is 24.3 Å². The van der Waals surface area contributed by atoms with Gasteiger partial charge in [-0.2, -0.15) is 5.10 Å². The molecule has 26 heavy (non-hydrogen) atoms. The minimum atomic E-state index is -0.387. The molecule has 0 radical (unpaired) electrons. The van der Waals surface area contributed by atoms with Gasteiger partial charge in [0.05, 0.1) is 26.0 Å². The van der Waals surface area contributed by atoms with Crippen LogP contribution >= 0.6 is 0 Å². The zero-order valence-electron chi connectivity index (χ0n) is 14.4. The number of nitrogens with zero attached hydrogens (tertiary/aromatic N) is 1. The van der Waals surface area contributed by atoms with E-state index in [4.69, 9.17) is 9.47 Å². The van der Waals surface area contributed by atoms with Crippen molar-refractivity contribution in [2.45, 2.75) is 0 Å². The highest BCUT2D eigenvalue weighted by Crippen LogP contribution is 2.26. The highest BCUT2D eigenvalue weighted by atomic mass is 16.5. The van der Waals surface area contributed by atoms with Gasteiger partial charge < -0.3 is 14.6 Å². The van der Waals surface area contributed by atoms with Crippen molar-refractivity contribution in [3.05, 3.63) is 65.7 Å². The number of phenols is 1. The molecular weight excluding hydrogens is 332 g/mol. The number of benzene rings is 3. The van der Waals surface area contributed by atoms with E-state index in [9.17, 15) is 9.90 Å². The quantitative estimate of drug-likeness (QED) is 0.546. The number of amides is 1. The number of hydrogen-bond acceptors (Lipinski definition) is 5. The van der Waals surface area contributed by atoms with Crippen LogP contribution in [0.4, 0.5) is 0 Å². The Morgan fingerprint density at radius 2 is 1.69 bits per heavy atom. The van der Waals surface area contributed by atoms with Crippen molar-refractivity contribution in [3.63, 3.8) is 0 Å². The van der Waals surface area contributed by atoms with Gasteiger partial charge in [0.25, 0.3) is 5.91 Å². The first-order chi connectivity index (χ1) is 12.6. The molecule has 6 nitrogen and oxygen atoms in total. The fourth-order valence-corrected chi connectivity index (χ4v) is 2.58. The summed E-state index contributed by atoms with van der Waals surface area (Å²) in [7, 11) is 2.99. The fraction of sp³-hybridized carbons (Fsp3) is 0.100. The third-order valence-electron chi connectivity index (χ3n) is 3.90. The minimum absolute atomic E-state index is 0.000949. The summed E-state index contributed by atoms with van der Waals surface area (Å²) in [6.07, 6.45) is 1.44. The molecule has 1 amide bonds. The lowest BCUT2D eigenvalue weighted by molar-refractivity contribution is 0.0952. The Labute approximate surface area is 150 Å². The molecule has 3 aromatic carbocycles. The van der Waals surface area contributed by atoms with Gasteiger partial charge in [0.2, 0.25) is 0 Å². The van der Waals surface area contributed by atoms with Crippen LogP contribution in [0.1, 0.15) is 15.9 Å². The Balaban J connectivity index is 1.79. The van der Waals surface area contributed by atoms with E-state index in [1.165, 1.54) is 26.5 Å². The molecule has 132 valence electrons. The average Bonchev–Trinajstić information content (AvgIpc) is 2.67. The molecule has 3 aromatic rings. The lowest BCUT2D eigenvalue weighted by Gasteiger charge is -2.09. The number of aromatic hydroxyl groups is 1. The second kappa shape index (κ2) is 7.57. The Morgan fingerprint density at radius 3 is 2.35 bits per heavy atom. The van der Waals surface area contributed by atoms with E-state index in [1.807, 2.05) is 30.3 Å². The number of methoxy groups -OCH3 is 2. The molecule has 0 unspecified atom stereocenters. The molecule has 0 aromatic heterocycles. The van der Waals surface area contributed by atoms with Crippen molar-refractivity contribution in [3.8, 4) is 17.2 Å². The lowest BCUT2D eigenvalue weighted by atomic mass is 10.1. The Morgan fingerprint density at radius 1 is 1.00 bits per heavy atom. The number of phenolic OH excluding ortho intramolecular Hbond substituents is 1. The first kappa shape index (κ1) is 17.3. The second-order valence-electron chi connectivity index (χ2n) is 5.53. The van der Waals surface area contributed by atoms with E-state index in [-0.39, 0.29) is 11.7 Å². The van der Waals surface area contributed by atoms with Gasteiger partial charge in [0, 0.05) is 0 Å². The summed E-state index contributed by atoms with van der Waals surface area (Å²) >= 11 is 0. The van der Waals surface area contributed by atoms with E-state index in [0.717, 1.165) is 10.8 Å². The smallest absolute Gasteiger partial charge is 0.275 e. The molecule has 0 saturated carbocycles. The Hall–Kier alpha value is -3.54. The van der Waals surface area contributed by atoms with E-state index < -0.39 is 0 Å². The van der Waals surface area contributed by atoms with Gasteiger partial charge in [-0.05, 0) is 46.7 Å². The molecule has 6 heteroatoms. The Bertz CT molecular complexity index is 983. The normalized spacial score (nSPS) is 10.8. The Kier molecular flexibility index (Phi) is 5.03. The molecule has 0 atom stereocenters. The highest BCUT2D eigenvalue weighted by Gasteiger charge is 2.13. The van der Waals surface area contributed by atoms with E-state index in [1.54, 1.807) is 18.2 Å². The van der Waals surface area contributed by atoms with Crippen LogP contribution in [0.5, 0.6) is 17.2 Å². The number of ether oxygens (including phenoxy) is 2. The number of fused-ring (bicyclic) bond motifs is 1. The molecular formula is C20H18N2O4. The van der Waals surface area contributed by atoms with Crippen molar-refractivity contribution >= 4 is 22.9 Å². The maximum Gasteiger partial charge on any atom is 0.275 e. The van der Waals surface area contributed by atoms with Gasteiger partial charge in [-0.3, -0.25) is 4.79 Å². The van der Waals surface area contributed by atoms with Crippen molar-refractivity contribution in [2.24, 2.45) is 5.10 Å². The summed E-state index contributed by atoms with van der Waals surface area (Å²) in [4.78, 5) is 12.5. The van der Waals surface area contributed by atoms with Crippen molar-refractivity contribution in [1.82, 2.24) is 5.43 Å². The van der Waals surface area contributed by atoms with Crippen molar-refractivity contribution in [2.75, 3.05) is 14.2 Å². The zero-order valence-corrected chi connectivity index (χ0v) is 14.4. The van der Waals surface area contributed by atoms with E-state index >= 15 is 0 Å². The summed E-state index contributed by atoms with van der Waals surface area (Å²) in [6, 6.07) is 16.1. The maximum atomic E-state index is 12.5. The minimum Gasteiger partial charge on any atom is -0.504 e. The first-order valence-corrected chi connectivity index (χ1v) is 7.89. The SMILES string of the molecule is COc1ccc(/C=N/NC(=O)c2cc3ccccc3cc2OC)cc1O. The number of hydrogen-bond donors (Lipinski definition) is 2. The molecule has 0 aliphatic carbocycles. The number of carbonyl (C=O) groups excluding carboxylic acids is 1. The molecule has 0 aliphatic rings. The van der Waals surface area contributed by atoms with Crippen LogP contribution in [0.2, 0.25) is 0 Å². The summed E-state index contributed by atoms with van der Waals surface area (Å²) < 4.78 is 10.3. The topological polar surface area (TPSA) is 80.2 Å². The number of rotatable bonds is 5. The van der Waals surface area contributed by atoms with Crippen LogP contribution in [-0.2, 0) is 0 Å². The fourth-order valence-electron chi connectivity index (χ4n) is 2.58. The number of carbonyl (C=O) groups is 1. The molecule has 0 fully saturated rings. The molecule has 0 bridgehead atoms. The largest absolute Gasteiger partial charge is 0.504 e. The third-order valence-corrected chi connectivity index (χ3v) is 3.90. The van der Waals surface area contributed by atoms with Crippen LogP contribution in [0, 0.1) is 0 Å². The number of hydrazone groups is 1. The molecule has 0 saturated heterocycles. The molecule has 0 heterocycles. The van der Waals surface area contributed by atoms with E-state index in [2.05, 4.69) is 10.5 Å². The van der Waals surface area contributed by atoms with Gasteiger partial charge in [-0.15, -0.1) is 0 Å². The van der Waals surface area contributed by atoms with Gasteiger partial charge in [0.15, 0.2) is 11.5 Å². The summed E-state index contributed by atoms with van der Waals surface area (Å²) in [5.41, 5.74) is 3.48. The van der Waals surface area contributed by atoms with Crippen LogP contribution in [0.3, 0.4) is 0 Å². The van der Waals surface area contributed by atoms with Gasteiger partial charge >= 0.3 is 0 Å². The maximum absolute atomic E-state index is 12.5. The lowest BCUT2D eigenvalue weighted by Crippen LogP contribution is -2.18. The van der Waals surface area contributed by atoms with Crippen molar-refractivity contribution in [1.29, 1.82) is 0 Å². The molecule has 2 N–H and O–H groups in total. The van der Waals surface area contributed by atoms with Crippen LogP contribution in [0.15, 0.2) is 59.7 Å². The number of nitrogens with one attached hydrogen (secondary N) is 1. The summed E-state index contributed by atoms with van der Waals surface area (Å²) in [6.45, 7) is 0. The molecule has 0 aliphatic heterocycles. The van der Waals surface area contributed by atoms with E-state index in [0.29, 0.717) is 22.6 Å². The predicted molar refractivity (Wildman–Crippen MR) is 100 cm³/mol. The van der Waals surface area contributed by atoms with Gasteiger partial charge in [-0.25, -0.2) is 5.43 Å². The second-order valence-corrected chi connectivity index (χ2v) is 5.53. The third kappa shape index (κ3) is 3.59. The van der Waals surface area contributed by atoms with Crippen LogP contribution in [-0.4, -0.2) is 31.4 Å². The molecule has 3 rings (SSSR count). The van der Waals surface area contributed by atoms with Crippen molar-refractivity contribution < 1.29 is 19.4 Å². The molecule has 0 spiro atoms. The zero-order chi connectivity index (χ0) is 18.5. The monoisotopic (exact) mass is 350 g/mol. The predicted octanol–water partition coefficient (Wildman–Crippen LogP) is 3.33. The van der Waals surface area contributed by atoms with Crippen LogP contribution < -0.4 is 14.9 Å². The van der Waals surface area contributed by atoms with Gasteiger partial charge in [0.1, 0.15) is 5.75 Å².